The Kier molecular flexibility index (Phi) is 31.0. The van der Waals surface area contributed by atoms with Crippen LogP contribution in [0.5, 0.6) is 0 Å². The van der Waals surface area contributed by atoms with Crippen LogP contribution < -0.4 is 0 Å². The third-order valence-corrected chi connectivity index (χ3v) is 10.2. The number of unbranched alkanes of at least 4 members (excludes halogenated alkanes) is 14. The van der Waals surface area contributed by atoms with Gasteiger partial charge in [-0.1, -0.05) is 118 Å². The molecule has 0 bridgehead atoms. The molecule has 1 aromatic rings. The van der Waals surface area contributed by atoms with E-state index in [-0.39, 0.29) is 24.1 Å². The highest BCUT2D eigenvalue weighted by atomic mass is 16.5. The molecule has 0 aliphatic rings. The molecule has 0 radical (unpaired) electrons. The van der Waals surface area contributed by atoms with Gasteiger partial charge in [0.05, 0.1) is 18.8 Å². The van der Waals surface area contributed by atoms with Gasteiger partial charge in [-0.2, -0.15) is 5.10 Å². The maximum atomic E-state index is 12.4. The Morgan fingerprint density at radius 1 is 0.615 bits per heavy atom. The molecule has 9 nitrogen and oxygen atoms in total. The first-order valence-corrected chi connectivity index (χ1v) is 21.8. The molecule has 1 rings (SSSR count). The van der Waals surface area contributed by atoms with E-state index in [4.69, 9.17) is 9.47 Å². The zero-order valence-electron chi connectivity index (χ0n) is 34.1. The van der Waals surface area contributed by atoms with Gasteiger partial charge in [0.1, 0.15) is 12.2 Å². The van der Waals surface area contributed by atoms with Crippen molar-refractivity contribution in [2.24, 2.45) is 0 Å². The van der Waals surface area contributed by atoms with E-state index in [9.17, 15) is 19.8 Å². The van der Waals surface area contributed by atoms with Gasteiger partial charge in [0.15, 0.2) is 0 Å². The van der Waals surface area contributed by atoms with Crippen LogP contribution in [0.4, 0.5) is 0 Å². The van der Waals surface area contributed by atoms with Crippen molar-refractivity contribution < 1.29 is 29.3 Å². The van der Waals surface area contributed by atoms with E-state index in [2.05, 4.69) is 37.7 Å². The molecule has 0 amide bonds. The van der Waals surface area contributed by atoms with Gasteiger partial charge in [0.2, 0.25) is 0 Å². The molecule has 0 spiro atoms. The van der Waals surface area contributed by atoms with Gasteiger partial charge in [-0.15, -0.1) is 0 Å². The van der Waals surface area contributed by atoms with Crippen LogP contribution in [0.15, 0.2) is 18.5 Å². The molecule has 1 heterocycles. The van der Waals surface area contributed by atoms with Crippen molar-refractivity contribution in [1.29, 1.82) is 0 Å². The number of aliphatic hydroxyl groups excluding tert-OH is 2. The predicted octanol–water partition coefficient (Wildman–Crippen LogP) is 9.95. The Hall–Kier alpha value is -1.97. The first-order chi connectivity index (χ1) is 25.3. The summed E-state index contributed by atoms with van der Waals surface area (Å²) in [6, 6.07) is 1.90. The van der Waals surface area contributed by atoms with Crippen LogP contribution in [-0.2, 0) is 25.6 Å². The highest BCUT2D eigenvalue weighted by molar-refractivity contribution is 5.69. The fourth-order valence-corrected chi connectivity index (χ4v) is 6.85. The van der Waals surface area contributed by atoms with Crippen molar-refractivity contribution in [1.82, 2.24) is 14.7 Å². The molecule has 0 aromatic carbocycles. The van der Waals surface area contributed by atoms with Gasteiger partial charge in [-0.25, -0.2) is 0 Å². The first-order valence-electron chi connectivity index (χ1n) is 21.8. The van der Waals surface area contributed by atoms with Crippen molar-refractivity contribution in [3.05, 3.63) is 18.5 Å². The number of aromatic nitrogens is 2. The lowest BCUT2D eigenvalue weighted by Gasteiger charge is -2.27. The topological polar surface area (TPSA) is 114 Å². The highest BCUT2D eigenvalue weighted by Crippen LogP contribution is 2.17. The van der Waals surface area contributed by atoms with Crippen LogP contribution in [0.25, 0.3) is 0 Å². The normalized spacial score (nSPS) is 14.0. The second kappa shape index (κ2) is 33.6. The third-order valence-electron chi connectivity index (χ3n) is 10.2. The predicted molar refractivity (Wildman–Crippen MR) is 213 cm³/mol. The number of hydrogen-bond acceptors (Lipinski definition) is 8. The molecule has 0 fully saturated rings. The first kappa shape index (κ1) is 48.0. The van der Waals surface area contributed by atoms with Gasteiger partial charge in [0, 0.05) is 44.9 Å². The molecule has 0 aliphatic heterocycles. The summed E-state index contributed by atoms with van der Waals surface area (Å²) < 4.78 is 13.4. The molecule has 0 saturated heterocycles. The Morgan fingerprint density at radius 3 is 1.46 bits per heavy atom. The van der Waals surface area contributed by atoms with Crippen molar-refractivity contribution in [3.63, 3.8) is 0 Å². The average Bonchev–Trinajstić information content (AvgIpc) is 3.66. The highest BCUT2D eigenvalue weighted by Gasteiger charge is 2.18. The van der Waals surface area contributed by atoms with Crippen LogP contribution in [-0.4, -0.2) is 80.9 Å². The summed E-state index contributed by atoms with van der Waals surface area (Å²) >= 11 is 0. The Labute approximate surface area is 319 Å². The summed E-state index contributed by atoms with van der Waals surface area (Å²) in [5, 5.41) is 26.1. The molecule has 4 atom stereocenters. The van der Waals surface area contributed by atoms with Gasteiger partial charge in [-0.05, 0) is 70.3 Å². The number of ether oxygens (including phenoxy) is 2. The SMILES string of the molecule is CCCCCCCCC(CC)OC(=O)CCCCCC(O)CN(CCn1cccn1)CC(O)CCCCCC(=O)OC(CC)CCCCCCCC. The van der Waals surface area contributed by atoms with Crippen LogP contribution in [0.2, 0.25) is 0 Å². The standard InChI is InChI=1S/C43H81N3O6/c1-5-9-11-13-15-21-28-40(7-3)51-42(49)30-23-17-19-26-38(47)36-45(34-35-46-33-25-32-44-46)37-39(48)27-20-18-24-31-43(50)52-41(8-4)29-22-16-14-12-10-6-2/h25,32-33,38-41,47-48H,5-24,26-31,34-37H2,1-4H3. The molecule has 4 unspecified atom stereocenters. The monoisotopic (exact) mass is 736 g/mol. The van der Waals surface area contributed by atoms with Crippen molar-refractivity contribution in [2.75, 3.05) is 19.6 Å². The van der Waals surface area contributed by atoms with Crippen molar-refractivity contribution in [2.45, 2.75) is 226 Å². The number of carbonyl (C=O) groups is 2. The van der Waals surface area contributed by atoms with Gasteiger partial charge >= 0.3 is 11.9 Å². The lowest BCUT2D eigenvalue weighted by atomic mass is 10.1. The van der Waals surface area contributed by atoms with Gasteiger partial charge in [0.25, 0.3) is 0 Å². The molecule has 9 heteroatoms. The second-order valence-corrected chi connectivity index (χ2v) is 15.2. The zero-order valence-corrected chi connectivity index (χ0v) is 34.1. The Bertz CT molecular complexity index is 889. The smallest absolute Gasteiger partial charge is 0.306 e. The maximum Gasteiger partial charge on any atom is 0.306 e. The zero-order chi connectivity index (χ0) is 38.1. The molecule has 0 saturated carbocycles. The molecule has 1 aromatic heterocycles. The fourth-order valence-electron chi connectivity index (χ4n) is 6.85. The quantitative estimate of drug-likeness (QED) is 0.0513. The molecular formula is C43H81N3O6. The summed E-state index contributed by atoms with van der Waals surface area (Å²) in [6.07, 6.45) is 28.5. The molecular weight excluding hydrogens is 654 g/mol. The number of hydrogen-bond donors (Lipinski definition) is 2. The average molecular weight is 736 g/mol. The summed E-state index contributed by atoms with van der Waals surface area (Å²) in [5.41, 5.74) is 0. The van der Waals surface area contributed by atoms with Gasteiger partial charge < -0.3 is 19.7 Å². The van der Waals surface area contributed by atoms with E-state index in [1.54, 1.807) is 6.20 Å². The van der Waals surface area contributed by atoms with Gasteiger partial charge in [-0.3, -0.25) is 19.2 Å². The van der Waals surface area contributed by atoms with Crippen LogP contribution in [0.3, 0.4) is 0 Å². The number of esters is 2. The van der Waals surface area contributed by atoms with E-state index in [0.29, 0.717) is 51.9 Å². The summed E-state index contributed by atoms with van der Waals surface area (Å²) in [5.74, 6) is -0.193. The van der Waals surface area contributed by atoms with E-state index in [1.165, 1.54) is 64.2 Å². The summed E-state index contributed by atoms with van der Waals surface area (Å²) in [7, 11) is 0. The molecule has 0 aliphatic carbocycles. The van der Waals surface area contributed by atoms with E-state index < -0.39 is 12.2 Å². The summed E-state index contributed by atoms with van der Waals surface area (Å²) in [6.45, 7) is 11.0. The lowest BCUT2D eigenvalue weighted by Crippen LogP contribution is -2.40. The number of nitrogens with zero attached hydrogens (tertiary/aromatic N) is 3. The van der Waals surface area contributed by atoms with Crippen molar-refractivity contribution >= 4 is 11.9 Å². The van der Waals surface area contributed by atoms with E-state index in [1.807, 2.05) is 16.9 Å². The van der Waals surface area contributed by atoms with Crippen LogP contribution in [0, 0.1) is 0 Å². The largest absolute Gasteiger partial charge is 0.462 e. The molecule has 304 valence electrons. The molecule has 52 heavy (non-hydrogen) atoms. The number of aliphatic hydroxyl groups is 2. The number of rotatable bonds is 37. The minimum absolute atomic E-state index is 0.0328. The maximum absolute atomic E-state index is 12.4. The number of carbonyl (C=O) groups excluding carboxylic acids is 2. The fraction of sp³-hybridized carbons (Fsp3) is 0.884. The van der Waals surface area contributed by atoms with Crippen LogP contribution >= 0.6 is 0 Å². The van der Waals surface area contributed by atoms with Crippen LogP contribution in [0.1, 0.15) is 195 Å². The molecule has 2 N–H and O–H groups in total. The second-order valence-electron chi connectivity index (χ2n) is 15.2. The van der Waals surface area contributed by atoms with E-state index in [0.717, 1.165) is 77.0 Å². The summed E-state index contributed by atoms with van der Waals surface area (Å²) in [4.78, 5) is 27.0. The van der Waals surface area contributed by atoms with E-state index >= 15 is 0 Å². The lowest BCUT2D eigenvalue weighted by molar-refractivity contribution is -0.150. The Balaban J connectivity index is 2.31. The minimum atomic E-state index is -0.502. The van der Waals surface area contributed by atoms with Crippen molar-refractivity contribution in [3.8, 4) is 0 Å². The third kappa shape index (κ3) is 27.6. The Morgan fingerprint density at radius 2 is 1.04 bits per heavy atom. The minimum Gasteiger partial charge on any atom is -0.462 e.